The Morgan fingerprint density at radius 2 is 1.72 bits per heavy atom. The molecule has 3 aromatic heterocycles. The summed E-state index contributed by atoms with van der Waals surface area (Å²) in [7, 11) is 0. The van der Waals surface area contributed by atoms with Crippen molar-refractivity contribution in [2.24, 2.45) is 0 Å². The SMILES string of the molecule is Cc1ncc(-c2nnc(-c3ccccn3)o2)cn1. The zero-order chi connectivity index (χ0) is 12.4. The smallest absolute Gasteiger partial charge is 0.266 e. The van der Waals surface area contributed by atoms with Crippen molar-refractivity contribution in [2.45, 2.75) is 6.92 Å². The molecule has 0 bridgehead atoms. The molecule has 0 atom stereocenters. The molecule has 88 valence electrons. The van der Waals surface area contributed by atoms with Gasteiger partial charge in [-0.1, -0.05) is 6.07 Å². The van der Waals surface area contributed by atoms with Gasteiger partial charge in [0.1, 0.15) is 11.5 Å². The molecule has 0 N–H and O–H groups in total. The van der Waals surface area contributed by atoms with Crippen molar-refractivity contribution < 1.29 is 4.42 Å². The van der Waals surface area contributed by atoms with E-state index < -0.39 is 0 Å². The summed E-state index contributed by atoms with van der Waals surface area (Å²) >= 11 is 0. The first-order chi connectivity index (χ1) is 8.83. The summed E-state index contributed by atoms with van der Waals surface area (Å²) in [5, 5.41) is 7.91. The molecule has 0 saturated carbocycles. The van der Waals surface area contributed by atoms with E-state index in [-0.39, 0.29) is 0 Å². The molecule has 3 heterocycles. The Bertz CT molecular complexity index is 648. The van der Waals surface area contributed by atoms with Gasteiger partial charge in [0.05, 0.1) is 5.56 Å². The largest absolute Gasteiger partial charge is 0.414 e. The molecule has 0 aliphatic carbocycles. The van der Waals surface area contributed by atoms with Crippen molar-refractivity contribution in [3.8, 4) is 23.0 Å². The van der Waals surface area contributed by atoms with Crippen LogP contribution in [-0.2, 0) is 0 Å². The highest BCUT2D eigenvalue weighted by Gasteiger charge is 2.11. The number of hydrogen-bond donors (Lipinski definition) is 0. The van der Waals surface area contributed by atoms with E-state index in [0.717, 1.165) is 0 Å². The van der Waals surface area contributed by atoms with E-state index in [1.807, 2.05) is 25.1 Å². The summed E-state index contributed by atoms with van der Waals surface area (Å²) in [6.45, 7) is 1.82. The topological polar surface area (TPSA) is 77.6 Å². The first kappa shape index (κ1) is 10.5. The lowest BCUT2D eigenvalue weighted by Crippen LogP contribution is -1.87. The first-order valence-electron chi connectivity index (χ1n) is 5.37. The van der Waals surface area contributed by atoms with Gasteiger partial charge in [0, 0.05) is 18.6 Å². The van der Waals surface area contributed by atoms with Crippen molar-refractivity contribution >= 4 is 0 Å². The molecule has 6 heteroatoms. The molecule has 0 unspecified atom stereocenters. The number of aryl methyl sites for hydroxylation is 1. The third-order valence-corrected chi connectivity index (χ3v) is 2.34. The Kier molecular flexibility index (Phi) is 2.53. The van der Waals surface area contributed by atoms with Crippen LogP contribution < -0.4 is 0 Å². The van der Waals surface area contributed by atoms with Crippen LogP contribution in [0.4, 0.5) is 0 Å². The minimum atomic E-state index is 0.381. The molecule has 0 aromatic carbocycles. The number of nitrogens with zero attached hydrogens (tertiary/aromatic N) is 5. The molecule has 6 nitrogen and oxygen atoms in total. The number of aromatic nitrogens is 5. The van der Waals surface area contributed by atoms with Crippen LogP contribution in [-0.4, -0.2) is 25.1 Å². The molecule has 0 aliphatic heterocycles. The van der Waals surface area contributed by atoms with Gasteiger partial charge >= 0.3 is 0 Å². The average Bonchev–Trinajstić information content (AvgIpc) is 2.90. The van der Waals surface area contributed by atoms with Crippen molar-refractivity contribution in [1.29, 1.82) is 0 Å². The van der Waals surface area contributed by atoms with Gasteiger partial charge in [0.15, 0.2) is 0 Å². The number of rotatable bonds is 2. The van der Waals surface area contributed by atoms with Crippen LogP contribution in [0.25, 0.3) is 23.0 Å². The van der Waals surface area contributed by atoms with Gasteiger partial charge in [0.2, 0.25) is 0 Å². The van der Waals surface area contributed by atoms with Crippen LogP contribution in [0.2, 0.25) is 0 Å². The lowest BCUT2D eigenvalue weighted by Gasteiger charge is -1.94. The monoisotopic (exact) mass is 239 g/mol. The fourth-order valence-corrected chi connectivity index (χ4v) is 1.44. The number of pyridine rings is 1. The molecular weight excluding hydrogens is 230 g/mol. The zero-order valence-corrected chi connectivity index (χ0v) is 9.61. The molecule has 0 aliphatic rings. The molecule has 0 spiro atoms. The summed E-state index contributed by atoms with van der Waals surface area (Å²) in [5.41, 5.74) is 1.33. The lowest BCUT2D eigenvalue weighted by atomic mass is 10.3. The molecule has 3 rings (SSSR count). The Labute approximate surface area is 103 Å². The van der Waals surface area contributed by atoms with E-state index in [1.165, 1.54) is 0 Å². The lowest BCUT2D eigenvalue weighted by molar-refractivity contribution is 0.581. The quantitative estimate of drug-likeness (QED) is 0.679. The van der Waals surface area contributed by atoms with Gasteiger partial charge < -0.3 is 4.42 Å². The molecule has 0 saturated heterocycles. The van der Waals surface area contributed by atoms with Gasteiger partial charge in [-0.25, -0.2) is 9.97 Å². The maximum absolute atomic E-state index is 5.53. The van der Waals surface area contributed by atoms with E-state index in [9.17, 15) is 0 Å². The third-order valence-electron chi connectivity index (χ3n) is 2.34. The maximum atomic E-state index is 5.53. The maximum Gasteiger partial charge on any atom is 0.266 e. The Morgan fingerprint density at radius 1 is 0.944 bits per heavy atom. The highest BCUT2D eigenvalue weighted by Crippen LogP contribution is 2.20. The van der Waals surface area contributed by atoms with Crippen LogP contribution in [0.15, 0.2) is 41.2 Å². The Morgan fingerprint density at radius 3 is 2.44 bits per heavy atom. The summed E-state index contributed by atoms with van der Waals surface area (Å²) in [5.74, 6) is 1.46. The van der Waals surface area contributed by atoms with E-state index in [4.69, 9.17) is 4.42 Å². The average molecular weight is 239 g/mol. The molecule has 18 heavy (non-hydrogen) atoms. The van der Waals surface area contributed by atoms with Crippen LogP contribution in [0.5, 0.6) is 0 Å². The standard InChI is InChI=1S/C12H9N5O/c1-8-14-6-9(7-15-8)11-16-17-12(18-11)10-4-2-3-5-13-10/h2-7H,1H3. The molecular formula is C12H9N5O. The van der Waals surface area contributed by atoms with Crippen molar-refractivity contribution in [1.82, 2.24) is 25.1 Å². The Balaban J connectivity index is 1.97. The summed E-state index contributed by atoms with van der Waals surface area (Å²) in [6, 6.07) is 5.50. The van der Waals surface area contributed by atoms with Crippen LogP contribution >= 0.6 is 0 Å². The van der Waals surface area contributed by atoms with Crippen LogP contribution in [0, 0.1) is 6.92 Å². The minimum Gasteiger partial charge on any atom is -0.414 e. The normalized spacial score (nSPS) is 10.5. The number of hydrogen-bond acceptors (Lipinski definition) is 6. The molecule has 0 amide bonds. The second-order valence-electron chi connectivity index (χ2n) is 3.65. The summed E-state index contributed by atoms with van der Waals surface area (Å²) < 4.78 is 5.53. The molecule has 0 radical (unpaired) electrons. The first-order valence-corrected chi connectivity index (χ1v) is 5.37. The fraction of sp³-hybridized carbons (Fsp3) is 0.0833. The molecule has 3 aromatic rings. The van der Waals surface area contributed by atoms with E-state index in [0.29, 0.717) is 28.9 Å². The van der Waals surface area contributed by atoms with E-state index >= 15 is 0 Å². The van der Waals surface area contributed by atoms with Crippen LogP contribution in [0.1, 0.15) is 5.82 Å². The second kappa shape index (κ2) is 4.33. The van der Waals surface area contributed by atoms with Crippen LogP contribution in [0.3, 0.4) is 0 Å². The van der Waals surface area contributed by atoms with E-state index in [1.54, 1.807) is 18.6 Å². The highest BCUT2D eigenvalue weighted by molar-refractivity contribution is 5.53. The summed E-state index contributed by atoms with van der Waals surface area (Å²) in [6.07, 6.45) is 4.98. The predicted octanol–water partition coefficient (Wildman–Crippen LogP) is 1.90. The van der Waals surface area contributed by atoms with Gasteiger partial charge in [-0.05, 0) is 19.1 Å². The highest BCUT2D eigenvalue weighted by atomic mass is 16.4. The van der Waals surface area contributed by atoms with Gasteiger partial charge in [-0.15, -0.1) is 10.2 Å². The summed E-state index contributed by atoms with van der Waals surface area (Å²) in [4.78, 5) is 12.3. The fourth-order valence-electron chi connectivity index (χ4n) is 1.44. The van der Waals surface area contributed by atoms with Crippen molar-refractivity contribution in [2.75, 3.05) is 0 Å². The van der Waals surface area contributed by atoms with Crippen molar-refractivity contribution in [3.05, 3.63) is 42.6 Å². The van der Waals surface area contributed by atoms with Gasteiger partial charge in [-0.2, -0.15) is 0 Å². The minimum absolute atomic E-state index is 0.381. The predicted molar refractivity (Wildman–Crippen MR) is 63.3 cm³/mol. The van der Waals surface area contributed by atoms with E-state index in [2.05, 4.69) is 25.1 Å². The van der Waals surface area contributed by atoms with Crippen molar-refractivity contribution in [3.63, 3.8) is 0 Å². The Hall–Kier alpha value is -2.63. The third kappa shape index (κ3) is 1.95. The second-order valence-corrected chi connectivity index (χ2v) is 3.65. The van der Waals surface area contributed by atoms with Gasteiger partial charge in [0.25, 0.3) is 11.8 Å². The van der Waals surface area contributed by atoms with Gasteiger partial charge in [-0.3, -0.25) is 4.98 Å². The molecule has 0 fully saturated rings. The zero-order valence-electron chi connectivity index (χ0n) is 9.61.